The van der Waals surface area contributed by atoms with Crippen LogP contribution in [0, 0.1) is 13.8 Å². The van der Waals surface area contributed by atoms with Gasteiger partial charge >= 0.3 is 6.09 Å². The van der Waals surface area contributed by atoms with Gasteiger partial charge in [0.2, 0.25) is 0 Å². The number of ether oxygens (including phenoxy) is 1. The Morgan fingerprint density at radius 1 is 1.26 bits per heavy atom. The molecule has 0 bridgehead atoms. The number of hydrogen-bond acceptors (Lipinski definition) is 4. The van der Waals surface area contributed by atoms with E-state index < -0.39 is 5.60 Å². The van der Waals surface area contributed by atoms with E-state index in [-0.39, 0.29) is 12.0 Å². The zero-order valence-electron chi connectivity index (χ0n) is 16.5. The number of benzene rings is 1. The summed E-state index contributed by atoms with van der Waals surface area (Å²) in [5.74, 6) is -0.285. The predicted octanol–water partition coefficient (Wildman–Crippen LogP) is 3.57. The summed E-state index contributed by atoms with van der Waals surface area (Å²) in [6, 6.07) is 5.90. The summed E-state index contributed by atoms with van der Waals surface area (Å²) in [7, 11) is 0. The number of nitrogens with zero attached hydrogens (tertiary/aromatic N) is 2. The number of carbonyl (C=O) groups excluding carboxylic acids is 2. The summed E-state index contributed by atoms with van der Waals surface area (Å²) in [5.41, 5.74) is 4.20. The first-order chi connectivity index (χ1) is 12.6. The molecule has 27 heavy (non-hydrogen) atoms. The second kappa shape index (κ2) is 7.06. The minimum absolute atomic E-state index is 0.285. The number of aromatic nitrogens is 2. The number of carbonyl (C=O) groups is 2. The second-order valence-electron chi connectivity index (χ2n) is 7.95. The standard InChI is InChI=1S/C20H26N4O3/c1-12-6-7-13(2)16(10-12)21-18(25)17-14-11-24(9-8-15(14)22-23-17)19(26)27-20(3,4)5/h6-7,10H,8-9,11H2,1-5H3,(H,21,25)(H,22,23). The molecular formula is C20H26N4O3. The normalized spacial score (nSPS) is 13.9. The maximum absolute atomic E-state index is 12.8. The van der Waals surface area contributed by atoms with E-state index in [1.807, 2.05) is 52.8 Å². The lowest BCUT2D eigenvalue weighted by atomic mass is 10.0. The van der Waals surface area contributed by atoms with Crippen molar-refractivity contribution in [2.24, 2.45) is 0 Å². The van der Waals surface area contributed by atoms with Crippen LogP contribution in [0.5, 0.6) is 0 Å². The molecule has 1 aromatic heterocycles. The lowest BCUT2D eigenvalue weighted by molar-refractivity contribution is 0.0222. The van der Waals surface area contributed by atoms with Crippen LogP contribution in [0.4, 0.5) is 10.5 Å². The molecular weight excluding hydrogens is 344 g/mol. The van der Waals surface area contributed by atoms with Gasteiger partial charge in [-0.15, -0.1) is 0 Å². The van der Waals surface area contributed by atoms with Gasteiger partial charge < -0.3 is 15.0 Å². The van der Waals surface area contributed by atoms with Crippen LogP contribution < -0.4 is 5.32 Å². The number of hydrogen-bond donors (Lipinski definition) is 2. The molecule has 0 saturated heterocycles. The molecule has 2 amide bonds. The Labute approximate surface area is 159 Å². The average molecular weight is 370 g/mol. The van der Waals surface area contributed by atoms with Crippen LogP contribution in [0.2, 0.25) is 0 Å². The Bertz CT molecular complexity index is 880. The number of aryl methyl sites for hydroxylation is 2. The number of amides is 2. The zero-order valence-corrected chi connectivity index (χ0v) is 16.5. The van der Waals surface area contributed by atoms with Gasteiger partial charge in [0.15, 0.2) is 5.69 Å². The number of aromatic amines is 1. The highest BCUT2D eigenvalue weighted by atomic mass is 16.6. The summed E-state index contributed by atoms with van der Waals surface area (Å²) in [6.07, 6.45) is 0.230. The van der Waals surface area contributed by atoms with Crippen molar-refractivity contribution in [3.8, 4) is 0 Å². The summed E-state index contributed by atoms with van der Waals surface area (Å²) >= 11 is 0. The molecule has 1 aromatic carbocycles. The molecule has 0 spiro atoms. The summed E-state index contributed by atoms with van der Waals surface area (Å²) in [4.78, 5) is 26.8. The number of fused-ring (bicyclic) bond motifs is 1. The fourth-order valence-corrected chi connectivity index (χ4v) is 3.02. The van der Waals surface area contributed by atoms with E-state index in [4.69, 9.17) is 4.74 Å². The van der Waals surface area contributed by atoms with E-state index in [0.29, 0.717) is 25.2 Å². The molecule has 0 fully saturated rings. The number of rotatable bonds is 2. The van der Waals surface area contributed by atoms with Gasteiger partial charge in [-0.2, -0.15) is 5.10 Å². The lowest BCUT2D eigenvalue weighted by Crippen LogP contribution is -2.40. The molecule has 1 aliphatic heterocycles. The van der Waals surface area contributed by atoms with E-state index in [0.717, 1.165) is 28.1 Å². The first kappa shape index (κ1) is 18.9. The average Bonchev–Trinajstić information content (AvgIpc) is 2.99. The molecule has 1 aliphatic rings. The molecule has 0 saturated carbocycles. The van der Waals surface area contributed by atoms with Crippen molar-refractivity contribution in [3.05, 3.63) is 46.3 Å². The maximum Gasteiger partial charge on any atom is 0.410 e. The van der Waals surface area contributed by atoms with Gasteiger partial charge in [-0.3, -0.25) is 9.89 Å². The highest BCUT2D eigenvalue weighted by Gasteiger charge is 2.30. The minimum Gasteiger partial charge on any atom is -0.444 e. The number of H-pyrrole nitrogens is 1. The van der Waals surface area contributed by atoms with Gasteiger partial charge in [0.05, 0.1) is 6.54 Å². The van der Waals surface area contributed by atoms with Gasteiger partial charge in [-0.05, 0) is 51.8 Å². The third-order valence-electron chi connectivity index (χ3n) is 4.44. The molecule has 3 rings (SSSR count). The smallest absolute Gasteiger partial charge is 0.410 e. The Kier molecular flexibility index (Phi) is 4.95. The van der Waals surface area contributed by atoms with Crippen LogP contribution >= 0.6 is 0 Å². The number of nitrogens with one attached hydrogen (secondary N) is 2. The van der Waals surface area contributed by atoms with Crippen molar-refractivity contribution in [2.45, 2.75) is 53.2 Å². The molecule has 2 heterocycles. The lowest BCUT2D eigenvalue weighted by Gasteiger charge is -2.30. The maximum atomic E-state index is 12.8. The van der Waals surface area contributed by atoms with E-state index in [1.165, 1.54) is 0 Å². The Balaban J connectivity index is 1.78. The molecule has 7 heteroatoms. The van der Waals surface area contributed by atoms with E-state index in [9.17, 15) is 9.59 Å². The van der Waals surface area contributed by atoms with Gasteiger partial charge in [0.1, 0.15) is 5.60 Å². The summed E-state index contributed by atoms with van der Waals surface area (Å²) in [6.45, 7) is 10.3. The van der Waals surface area contributed by atoms with Crippen LogP contribution in [0.1, 0.15) is 53.6 Å². The number of anilines is 1. The van der Waals surface area contributed by atoms with Crippen LogP contribution in [0.3, 0.4) is 0 Å². The van der Waals surface area contributed by atoms with Gasteiger partial charge in [0.25, 0.3) is 5.91 Å². The first-order valence-corrected chi connectivity index (χ1v) is 9.06. The quantitative estimate of drug-likeness (QED) is 0.846. The van der Waals surface area contributed by atoms with Crippen LogP contribution in [0.25, 0.3) is 0 Å². The second-order valence-corrected chi connectivity index (χ2v) is 7.95. The Morgan fingerprint density at radius 2 is 2.00 bits per heavy atom. The van der Waals surface area contributed by atoms with Crippen LogP contribution in [-0.4, -0.2) is 39.2 Å². The van der Waals surface area contributed by atoms with Gasteiger partial charge in [-0.1, -0.05) is 12.1 Å². The van der Waals surface area contributed by atoms with E-state index in [2.05, 4.69) is 15.5 Å². The third kappa shape index (κ3) is 4.30. The van der Waals surface area contributed by atoms with Crippen molar-refractivity contribution in [1.82, 2.24) is 15.1 Å². The molecule has 0 aliphatic carbocycles. The van der Waals surface area contributed by atoms with Crippen molar-refractivity contribution in [1.29, 1.82) is 0 Å². The zero-order chi connectivity index (χ0) is 19.8. The fourth-order valence-electron chi connectivity index (χ4n) is 3.02. The highest BCUT2D eigenvalue weighted by molar-refractivity contribution is 6.04. The third-order valence-corrected chi connectivity index (χ3v) is 4.44. The largest absolute Gasteiger partial charge is 0.444 e. The summed E-state index contributed by atoms with van der Waals surface area (Å²) < 4.78 is 5.45. The van der Waals surface area contributed by atoms with Gasteiger partial charge in [-0.25, -0.2) is 4.79 Å². The first-order valence-electron chi connectivity index (χ1n) is 9.06. The molecule has 2 aromatic rings. The molecule has 7 nitrogen and oxygen atoms in total. The molecule has 0 unspecified atom stereocenters. The van der Waals surface area contributed by atoms with E-state index >= 15 is 0 Å². The topological polar surface area (TPSA) is 87.3 Å². The van der Waals surface area contributed by atoms with Crippen molar-refractivity contribution >= 4 is 17.7 Å². The molecule has 0 atom stereocenters. The van der Waals surface area contributed by atoms with Crippen molar-refractivity contribution < 1.29 is 14.3 Å². The predicted molar refractivity (Wildman–Crippen MR) is 103 cm³/mol. The van der Waals surface area contributed by atoms with Crippen molar-refractivity contribution in [2.75, 3.05) is 11.9 Å². The van der Waals surface area contributed by atoms with E-state index in [1.54, 1.807) is 4.90 Å². The Morgan fingerprint density at radius 3 is 2.70 bits per heavy atom. The molecule has 2 N–H and O–H groups in total. The van der Waals surface area contributed by atoms with Crippen molar-refractivity contribution in [3.63, 3.8) is 0 Å². The van der Waals surface area contributed by atoms with Crippen LogP contribution in [0.15, 0.2) is 18.2 Å². The van der Waals surface area contributed by atoms with Gasteiger partial charge in [0, 0.05) is 29.9 Å². The SMILES string of the molecule is Cc1ccc(C)c(NC(=O)c2n[nH]c3c2CN(C(=O)OC(C)(C)C)CC3)c1. The van der Waals surface area contributed by atoms with Crippen LogP contribution in [-0.2, 0) is 17.7 Å². The summed E-state index contributed by atoms with van der Waals surface area (Å²) in [5, 5.41) is 10.1. The fraction of sp³-hybridized carbons (Fsp3) is 0.450. The molecule has 144 valence electrons. The molecule has 0 radical (unpaired) electrons. The minimum atomic E-state index is -0.559. The highest BCUT2D eigenvalue weighted by Crippen LogP contribution is 2.24. The Hall–Kier alpha value is -2.83. The monoisotopic (exact) mass is 370 g/mol.